The summed E-state index contributed by atoms with van der Waals surface area (Å²) in [5.41, 5.74) is 1.46. The van der Waals surface area contributed by atoms with E-state index in [-0.39, 0.29) is 11.6 Å². The van der Waals surface area contributed by atoms with Crippen molar-refractivity contribution in [2.24, 2.45) is 0 Å². The van der Waals surface area contributed by atoms with Crippen molar-refractivity contribution < 1.29 is 9.50 Å². The summed E-state index contributed by atoms with van der Waals surface area (Å²) in [4.78, 5) is 0. The second kappa shape index (κ2) is 4.10. The summed E-state index contributed by atoms with van der Waals surface area (Å²) in [7, 11) is 0. The molecule has 90 valence electrons. The molecular formula is C13H10FN3O. The van der Waals surface area contributed by atoms with Gasteiger partial charge in [-0.25, -0.2) is 4.39 Å². The predicted octanol–water partition coefficient (Wildman–Crippen LogP) is 2.16. The summed E-state index contributed by atoms with van der Waals surface area (Å²) >= 11 is 0. The Bertz CT molecular complexity index is 708. The smallest absolute Gasteiger partial charge is 0.161 e. The maximum absolute atomic E-state index is 13.1. The fourth-order valence-corrected chi connectivity index (χ4v) is 1.88. The molecule has 0 saturated carbocycles. The third kappa shape index (κ3) is 1.90. The van der Waals surface area contributed by atoms with Gasteiger partial charge in [-0.05, 0) is 29.8 Å². The van der Waals surface area contributed by atoms with Crippen molar-refractivity contribution in [1.82, 2.24) is 14.6 Å². The van der Waals surface area contributed by atoms with Crippen LogP contribution in [0.25, 0.3) is 5.65 Å². The van der Waals surface area contributed by atoms with Crippen molar-refractivity contribution in [3.8, 4) is 5.75 Å². The van der Waals surface area contributed by atoms with Gasteiger partial charge < -0.3 is 5.11 Å². The van der Waals surface area contributed by atoms with Gasteiger partial charge in [0.05, 0.1) is 6.20 Å². The highest BCUT2D eigenvalue weighted by Gasteiger charge is 2.07. The number of hydrogen-bond acceptors (Lipinski definition) is 3. The predicted molar refractivity (Wildman–Crippen MR) is 63.9 cm³/mol. The van der Waals surface area contributed by atoms with Crippen LogP contribution in [0.1, 0.15) is 11.4 Å². The SMILES string of the molecule is Oc1ccc2nnc(Cc3cccc(F)c3)n2c1. The van der Waals surface area contributed by atoms with E-state index >= 15 is 0 Å². The molecule has 3 rings (SSSR count). The molecule has 1 aromatic carbocycles. The Hall–Kier alpha value is -2.43. The minimum absolute atomic E-state index is 0.141. The number of pyridine rings is 1. The van der Waals surface area contributed by atoms with Gasteiger partial charge in [-0.15, -0.1) is 10.2 Å². The van der Waals surface area contributed by atoms with Gasteiger partial charge in [-0.1, -0.05) is 12.1 Å². The molecule has 0 aliphatic heterocycles. The van der Waals surface area contributed by atoms with Crippen LogP contribution in [0.2, 0.25) is 0 Å². The number of rotatable bonds is 2. The summed E-state index contributed by atoms with van der Waals surface area (Å²) in [6, 6.07) is 9.58. The Labute approximate surface area is 102 Å². The van der Waals surface area contributed by atoms with E-state index in [9.17, 15) is 9.50 Å². The average Bonchev–Trinajstić information content (AvgIpc) is 2.72. The summed E-state index contributed by atoms with van der Waals surface area (Å²) < 4.78 is 14.8. The highest BCUT2D eigenvalue weighted by Crippen LogP contribution is 2.14. The molecular weight excluding hydrogens is 233 g/mol. The molecule has 0 unspecified atom stereocenters. The molecule has 0 aliphatic carbocycles. The number of aromatic hydroxyl groups is 1. The molecule has 0 fully saturated rings. The monoisotopic (exact) mass is 243 g/mol. The van der Waals surface area contributed by atoms with Crippen molar-refractivity contribution in [2.45, 2.75) is 6.42 Å². The molecule has 0 atom stereocenters. The van der Waals surface area contributed by atoms with Gasteiger partial charge in [0.2, 0.25) is 0 Å². The maximum Gasteiger partial charge on any atom is 0.161 e. The lowest BCUT2D eigenvalue weighted by molar-refractivity contribution is 0.471. The number of fused-ring (bicyclic) bond motifs is 1. The largest absolute Gasteiger partial charge is 0.506 e. The maximum atomic E-state index is 13.1. The van der Waals surface area contributed by atoms with Crippen LogP contribution in [0.5, 0.6) is 5.75 Å². The second-order valence-corrected chi connectivity index (χ2v) is 4.04. The number of aromatic nitrogens is 3. The Morgan fingerprint density at radius 1 is 1.17 bits per heavy atom. The fourth-order valence-electron chi connectivity index (χ4n) is 1.88. The quantitative estimate of drug-likeness (QED) is 0.750. The van der Waals surface area contributed by atoms with Crippen LogP contribution in [0.15, 0.2) is 42.6 Å². The Kier molecular flexibility index (Phi) is 2.44. The van der Waals surface area contributed by atoms with Crippen molar-refractivity contribution in [3.63, 3.8) is 0 Å². The van der Waals surface area contributed by atoms with E-state index < -0.39 is 0 Å². The Balaban J connectivity index is 2.02. The topological polar surface area (TPSA) is 50.4 Å². The zero-order valence-corrected chi connectivity index (χ0v) is 9.42. The molecule has 0 bridgehead atoms. The Morgan fingerprint density at radius 2 is 2.06 bits per heavy atom. The van der Waals surface area contributed by atoms with Gasteiger partial charge in [0.15, 0.2) is 5.65 Å². The van der Waals surface area contributed by atoms with E-state index in [0.29, 0.717) is 17.9 Å². The number of hydrogen-bond donors (Lipinski definition) is 1. The van der Waals surface area contributed by atoms with Crippen LogP contribution in [0.4, 0.5) is 4.39 Å². The first-order valence-corrected chi connectivity index (χ1v) is 5.49. The molecule has 4 nitrogen and oxygen atoms in total. The molecule has 0 spiro atoms. The Morgan fingerprint density at radius 3 is 2.89 bits per heavy atom. The van der Waals surface area contributed by atoms with Gasteiger partial charge >= 0.3 is 0 Å². The van der Waals surface area contributed by atoms with Gasteiger partial charge in [0, 0.05) is 6.42 Å². The molecule has 1 N–H and O–H groups in total. The fraction of sp³-hybridized carbons (Fsp3) is 0.0769. The van der Waals surface area contributed by atoms with Gasteiger partial charge in [-0.2, -0.15) is 0 Å². The van der Waals surface area contributed by atoms with E-state index in [2.05, 4.69) is 10.2 Å². The van der Waals surface area contributed by atoms with Crippen LogP contribution in [-0.2, 0) is 6.42 Å². The minimum atomic E-state index is -0.274. The third-order valence-corrected chi connectivity index (χ3v) is 2.71. The number of nitrogens with zero attached hydrogens (tertiary/aromatic N) is 3. The van der Waals surface area contributed by atoms with Crippen LogP contribution < -0.4 is 0 Å². The molecule has 0 saturated heterocycles. The second-order valence-electron chi connectivity index (χ2n) is 4.04. The highest BCUT2D eigenvalue weighted by molar-refractivity contribution is 5.41. The van der Waals surface area contributed by atoms with Crippen LogP contribution in [0, 0.1) is 5.82 Å². The first-order valence-electron chi connectivity index (χ1n) is 5.49. The van der Waals surface area contributed by atoms with Crippen LogP contribution in [0.3, 0.4) is 0 Å². The average molecular weight is 243 g/mol. The molecule has 18 heavy (non-hydrogen) atoms. The summed E-state index contributed by atoms with van der Waals surface area (Å²) in [6.07, 6.45) is 2.01. The lowest BCUT2D eigenvalue weighted by Crippen LogP contribution is -1.96. The molecule has 0 radical (unpaired) electrons. The standard InChI is InChI=1S/C13H10FN3O/c14-10-3-1-2-9(6-10)7-13-16-15-12-5-4-11(18)8-17(12)13/h1-6,8,18H,7H2. The molecule has 2 heterocycles. The first kappa shape index (κ1) is 10.7. The van der Waals surface area contributed by atoms with E-state index in [0.717, 1.165) is 5.56 Å². The van der Waals surface area contributed by atoms with Gasteiger partial charge in [0.25, 0.3) is 0 Å². The van der Waals surface area contributed by atoms with E-state index in [1.807, 2.05) is 6.07 Å². The molecule has 3 aromatic rings. The third-order valence-electron chi connectivity index (χ3n) is 2.71. The summed E-state index contributed by atoms with van der Waals surface area (Å²) in [5, 5.41) is 17.5. The van der Waals surface area contributed by atoms with E-state index in [4.69, 9.17) is 0 Å². The van der Waals surface area contributed by atoms with Gasteiger partial charge in [-0.3, -0.25) is 4.40 Å². The summed E-state index contributed by atoms with van der Waals surface area (Å²) in [6.45, 7) is 0. The zero-order valence-electron chi connectivity index (χ0n) is 9.42. The van der Waals surface area contributed by atoms with Crippen molar-refractivity contribution in [3.05, 3.63) is 59.8 Å². The number of halogens is 1. The molecule has 5 heteroatoms. The van der Waals surface area contributed by atoms with Crippen LogP contribution >= 0.6 is 0 Å². The van der Waals surface area contributed by atoms with Crippen molar-refractivity contribution in [1.29, 1.82) is 0 Å². The zero-order chi connectivity index (χ0) is 12.5. The lowest BCUT2D eigenvalue weighted by atomic mass is 10.1. The van der Waals surface area contributed by atoms with E-state index in [1.54, 1.807) is 28.8 Å². The summed E-state index contributed by atoms with van der Waals surface area (Å²) in [5.74, 6) is 0.526. The van der Waals surface area contributed by atoms with Crippen molar-refractivity contribution >= 4 is 5.65 Å². The normalized spacial score (nSPS) is 10.9. The van der Waals surface area contributed by atoms with Gasteiger partial charge in [0.1, 0.15) is 17.4 Å². The molecule has 0 amide bonds. The molecule has 0 aliphatic rings. The van der Waals surface area contributed by atoms with Crippen LogP contribution in [-0.4, -0.2) is 19.7 Å². The van der Waals surface area contributed by atoms with E-state index in [1.165, 1.54) is 12.1 Å². The minimum Gasteiger partial charge on any atom is -0.506 e. The van der Waals surface area contributed by atoms with Crippen molar-refractivity contribution in [2.75, 3.05) is 0 Å². The first-order chi connectivity index (χ1) is 8.72. The molecule has 2 aromatic heterocycles. The number of benzene rings is 1. The lowest BCUT2D eigenvalue weighted by Gasteiger charge is -2.01. The highest BCUT2D eigenvalue weighted by atomic mass is 19.1.